The van der Waals surface area contributed by atoms with Crippen LogP contribution in [0.4, 0.5) is 10.7 Å². The Morgan fingerprint density at radius 1 is 1.15 bits per heavy atom. The normalized spacial score (nSPS) is 12.8. The molecule has 1 atom stereocenters. The van der Waals surface area contributed by atoms with Crippen molar-refractivity contribution >= 4 is 28.0 Å². The largest absolute Gasteiger partial charge is 0.444 e. The lowest BCUT2D eigenvalue weighted by Crippen LogP contribution is -2.50. The van der Waals surface area contributed by atoms with Gasteiger partial charge in [-0.3, -0.25) is 4.79 Å². The maximum atomic E-state index is 12.9. The smallest absolute Gasteiger partial charge is 0.408 e. The number of carbonyl (C=O) groups is 2. The second-order valence-electron chi connectivity index (χ2n) is 9.08. The van der Waals surface area contributed by atoms with Crippen LogP contribution in [0.1, 0.15) is 46.7 Å². The molecule has 0 radical (unpaired) electrons. The van der Waals surface area contributed by atoms with Gasteiger partial charge in [-0.25, -0.2) is 27.9 Å². The monoisotopic (exact) mass is 477 g/mol. The third-order valence-corrected chi connectivity index (χ3v) is 5.61. The van der Waals surface area contributed by atoms with Crippen molar-refractivity contribution in [3.8, 4) is 11.3 Å². The molecule has 1 aromatic heterocycles. The minimum Gasteiger partial charge on any atom is -0.444 e. The van der Waals surface area contributed by atoms with E-state index in [1.54, 1.807) is 39.8 Å². The maximum absolute atomic E-state index is 12.9. The van der Waals surface area contributed by atoms with Gasteiger partial charge in [0.2, 0.25) is 5.95 Å². The molecule has 0 saturated carbocycles. The molecule has 0 aliphatic rings. The van der Waals surface area contributed by atoms with E-state index in [0.717, 1.165) is 0 Å². The average molecular weight is 478 g/mol. The molecule has 33 heavy (non-hydrogen) atoms. The Morgan fingerprint density at radius 3 is 2.39 bits per heavy atom. The number of ether oxygens (including phenoxy) is 1. The zero-order chi connectivity index (χ0) is 25.0. The highest BCUT2D eigenvalue weighted by molar-refractivity contribution is 7.90. The zero-order valence-corrected chi connectivity index (χ0v) is 20.5. The molecule has 2 rings (SSSR count). The van der Waals surface area contributed by atoms with Gasteiger partial charge in [-0.1, -0.05) is 26.0 Å². The summed E-state index contributed by atoms with van der Waals surface area (Å²) in [5.41, 5.74) is 6.50. The summed E-state index contributed by atoms with van der Waals surface area (Å²) in [7, 11) is -4.23. The van der Waals surface area contributed by atoms with Gasteiger partial charge in [0.15, 0.2) is 0 Å². The predicted molar refractivity (Wildman–Crippen MR) is 125 cm³/mol. The molecular formula is C22H31N5O5S. The van der Waals surface area contributed by atoms with Crippen molar-refractivity contribution in [3.63, 3.8) is 0 Å². The highest BCUT2D eigenvalue weighted by Crippen LogP contribution is 2.22. The maximum Gasteiger partial charge on any atom is 0.408 e. The van der Waals surface area contributed by atoms with Crippen LogP contribution in [-0.4, -0.2) is 42.0 Å². The number of benzene rings is 1. The second kappa shape index (κ2) is 10.2. The molecule has 0 fully saturated rings. The number of aromatic nitrogens is 2. The van der Waals surface area contributed by atoms with E-state index in [9.17, 15) is 18.0 Å². The van der Waals surface area contributed by atoms with Crippen LogP contribution in [-0.2, 0) is 19.6 Å². The minimum atomic E-state index is -4.23. The molecule has 11 heteroatoms. The van der Waals surface area contributed by atoms with Crippen LogP contribution in [0, 0.1) is 12.8 Å². The molecule has 10 nitrogen and oxygen atoms in total. The van der Waals surface area contributed by atoms with Gasteiger partial charge in [-0.15, -0.1) is 0 Å². The molecule has 0 bridgehead atoms. The van der Waals surface area contributed by atoms with E-state index in [0.29, 0.717) is 17.0 Å². The summed E-state index contributed by atoms with van der Waals surface area (Å²) in [5.74, 6) is -0.786. The predicted octanol–water partition coefficient (Wildman–Crippen LogP) is 2.78. The Hall–Kier alpha value is -3.21. The van der Waals surface area contributed by atoms with E-state index in [2.05, 4.69) is 20.0 Å². The Bertz CT molecular complexity index is 1110. The van der Waals surface area contributed by atoms with Gasteiger partial charge in [0.05, 0.1) is 10.6 Å². The summed E-state index contributed by atoms with van der Waals surface area (Å²) >= 11 is 0. The standard InChI is InChI=1S/C22H31N5O5S/c1-13(2)10-18(26-21(29)32-22(4,5)6)19(28)27-33(30,31)16-9-7-8-15(12-16)17-11-14(3)24-20(23)25-17/h7-9,11-13,18H,10H2,1-6H3,(H,26,29)(H,27,28)(H2,23,24,25)/t18-/m0/s1. The first-order chi connectivity index (χ1) is 15.2. The van der Waals surface area contributed by atoms with Crippen LogP contribution in [0.2, 0.25) is 0 Å². The van der Waals surface area contributed by atoms with E-state index in [4.69, 9.17) is 10.5 Å². The molecule has 0 saturated heterocycles. The Morgan fingerprint density at radius 2 is 1.82 bits per heavy atom. The van der Waals surface area contributed by atoms with Gasteiger partial charge in [0, 0.05) is 11.3 Å². The number of carbonyl (C=O) groups excluding carboxylic acids is 2. The lowest BCUT2D eigenvalue weighted by Gasteiger charge is -2.24. The van der Waals surface area contributed by atoms with Crippen molar-refractivity contribution in [1.82, 2.24) is 20.0 Å². The van der Waals surface area contributed by atoms with Gasteiger partial charge in [0.1, 0.15) is 11.6 Å². The number of nitrogen functional groups attached to an aromatic ring is 1. The van der Waals surface area contributed by atoms with Crippen LogP contribution in [0.3, 0.4) is 0 Å². The van der Waals surface area contributed by atoms with Crippen LogP contribution >= 0.6 is 0 Å². The lowest BCUT2D eigenvalue weighted by molar-refractivity contribution is -0.121. The van der Waals surface area contributed by atoms with Crippen molar-refractivity contribution in [2.45, 2.75) is 64.5 Å². The molecule has 2 aromatic rings. The van der Waals surface area contributed by atoms with Gasteiger partial charge in [-0.05, 0) is 58.2 Å². The van der Waals surface area contributed by atoms with E-state index in [1.165, 1.54) is 18.2 Å². The fourth-order valence-corrected chi connectivity index (χ4v) is 4.04. The molecular weight excluding hydrogens is 446 g/mol. The highest BCUT2D eigenvalue weighted by Gasteiger charge is 2.28. The number of hydrogen-bond acceptors (Lipinski definition) is 8. The van der Waals surface area contributed by atoms with Crippen molar-refractivity contribution in [1.29, 1.82) is 0 Å². The number of rotatable bonds is 7. The van der Waals surface area contributed by atoms with Crippen molar-refractivity contribution < 1.29 is 22.7 Å². The first-order valence-electron chi connectivity index (χ1n) is 10.4. The topological polar surface area (TPSA) is 153 Å². The van der Waals surface area contributed by atoms with Crippen LogP contribution in [0.15, 0.2) is 35.2 Å². The Balaban J connectivity index is 2.26. The summed E-state index contributed by atoms with van der Waals surface area (Å²) in [6, 6.07) is 6.52. The first kappa shape index (κ1) is 26.0. The van der Waals surface area contributed by atoms with E-state index in [1.807, 2.05) is 13.8 Å². The molecule has 0 aliphatic heterocycles. The van der Waals surface area contributed by atoms with E-state index in [-0.39, 0.29) is 23.2 Å². The van der Waals surface area contributed by atoms with Crippen molar-refractivity contribution in [2.24, 2.45) is 5.92 Å². The molecule has 1 aromatic carbocycles. The van der Waals surface area contributed by atoms with Gasteiger partial charge < -0.3 is 15.8 Å². The molecule has 0 aliphatic carbocycles. The minimum absolute atomic E-state index is 0.00758. The number of amides is 2. The number of alkyl carbamates (subject to hydrolysis) is 1. The molecule has 0 unspecified atom stereocenters. The number of nitrogens with zero attached hydrogens (tertiary/aromatic N) is 2. The first-order valence-corrected chi connectivity index (χ1v) is 11.9. The second-order valence-corrected chi connectivity index (χ2v) is 10.8. The quantitative estimate of drug-likeness (QED) is 0.550. The number of anilines is 1. The number of sulfonamides is 1. The fraction of sp³-hybridized carbons (Fsp3) is 0.455. The molecule has 4 N–H and O–H groups in total. The van der Waals surface area contributed by atoms with Gasteiger partial charge in [0.25, 0.3) is 15.9 Å². The Labute approximate surface area is 194 Å². The lowest BCUT2D eigenvalue weighted by atomic mass is 10.0. The number of aryl methyl sites for hydroxylation is 1. The molecule has 0 spiro atoms. The number of hydrogen-bond donors (Lipinski definition) is 3. The number of nitrogens with two attached hydrogens (primary N) is 1. The Kier molecular flexibility index (Phi) is 8.02. The van der Waals surface area contributed by atoms with Gasteiger partial charge >= 0.3 is 6.09 Å². The summed E-state index contributed by atoms with van der Waals surface area (Å²) in [5, 5.41) is 2.46. The van der Waals surface area contributed by atoms with Crippen molar-refractivity contribution in [2.75, 3.05) is 5.73 Å². The van der Waals surface area contributed by atoms with Crippen LogP contribution < -0.4 is 15.8 Å². The third kappa shape index (κ3) is 8.01. The SMILES string of the molecule is Cc1cc(-c2cccc(S(=O)(=O)NC(=O)[C@H](CC(C)C)NC(=O)OC(C)(C)C)c2)nc(N)n1. The highest BCUT2D eigenvalue weighted by atomic mass is 32.2. The average Bonchev–Trinajstić information content (AvgIpc) is 2.64. The molecule has 180 valence electrons. The van der Waals surface area contributed by atoms with Crippen LogP contribution in [0.25, 0.3) is 11.3 Å². The van der Waals surface area contributed by atoms with Crippen molar-refractivity contribution in [3.05, 3.63) is 36.0 Å². The zero-order valence-electron chi connectivity index (χ0n) is 19.7. The van der Waals surface area contributed by atoms with Gasteiger partial charge in [-0.2, -0.15) is 0 Å². The molecule has 2 amide bonds. The van der Waals surface area contributed by atoms with E-state index < -0.39 is 33.7 Å². The third-order valence-electron chi connectivity index (χ3n) is 4.26. The summed E-state index contributed by atoms with van der Waals surface area (Å²) in [6.07, 6.45) is -0.584. The van der Waals surface area contributed by atoms with Crippen LogP contribution in [0.5, 0.6) is 0 Å². The number of nitrogens with one attached hydrogen (secondary N) is 2. The summed E-state index contributed by atoms with van der Waals surface area (Å²) < 4.78 is 33.1. The van der Waals surface area contributed by atoms with E-state index >= 15 is 0 Å². The summed E-state index contributed by atoms with van der Waals surface area (Å²) in [6.45, 7) is 10.5. The molecule has 1 heterocycles. The fourth-order valence-electron chi connectivity index (χ4n) is 2.98. The summed E-state index contributed by atoms with van der Waals surface area (Å²) in [4.78, 5) is 33.0.